The summed E-state index contributed by atoms with van der Waals surface area (Å²) < 4.78 is 0. The van der Waals surface area contributed by atoms with Gasteiger partial charge in [0.2, 0.25) is 0 Å². The SMILES string of the molecule is CC(CNCC(O)c1ccc([N+](=O)[O-])cc1)N(C)C1CC1. The van der Waals surface area contributed by atoms with Crippen LogP contribution in [0.15, 0.2) is 24.3 Å². The highest BCUT2D eigenvalue weighted by Crippen LogP contribution is 2.26. The number of aliphatic hydroxyl groups is 1. The number of nitro benzene ring substituents is 1. The van der Waals surface area contributed by atoms with Gasteiger partial charge in [0.15, 0.2) is 0 Å². The molecular formula is C15H23N3O3. The highest BCUT2D eigenvalue weighted by molar-refractivity contribution is 5.33. The van der Waals surface area contributed by atoms with Crippen LogP contribution < -0.4 is 5.32 Å². The maximum Gasteiger partial charge on any atom is 0.269 e. The van der Waals surface area contributed by atoms with Crippen LogP contribution in [0.1, 0.15) is 31.4 Å². The molecule has 0 radical (unpaired) electrons. The molecule has 1 aromatic rings. The molecule has 1 aliphatic rings. The Morgan fingerprint density at radius 3 is 2.52 bits per heavy atom. The van der Waals surface area contributed by atoms with Gasteiger partial charge in [-0.3, -0.25) is 15.0 Å². The van der Waals surface area contributed by atoms with Crippen LogP contribution in [0.25, 0.3) is 0 Å². The fourth-order valence-corrected chi connectivity index (χ4v) is 2.35. The number of nitrogens with one attached hydrogen (secondary N) is 1. The first-order chi connectivity index (χ1) is 9.99. The molecule has 116 valence electrons. The van der Waals surface area contributed by atoms with Crippen LogP contribution >= 0.6 is 0 Å². The molecule has 1 saturated carbocycles. The zero-order valence-electron chi connectivity index (χ0n) is 12.5. The summed E-state index contributed by atoms with van der Waals surface area (Å²) in [6.45, 7) is 3.43. The zero-order chi connectivity index (χ0) is 15.4. The molecule has 0 spiro atoms. The Bertz CT molecular complexity index is 474. The summed E-state index contributed by atoms with van der Waals surface area (Å²) in [4.78, 5) is 12.5. The maximum atomic E-state index is 10.6. The van der Waals surface area contributed by atoms with E-state index in [9.17, 15) is 15.2 Å². The lowest BCUT2D eigenvalue weighted by atomic mass is 10.1. The second kappa shape index (κ2) is 6.98. The van der Waals surface area contributed by atoms with Gasteiger partial charge in [-0.2, -0.15) is 0 Å². The number of hydrogen-bond donors (Lipinski definition) is 2. The van der Waals surface area contributed by atoms with Gasteiger partial charge in [0.1, 0.15) is 0 Å². The largest absolute Gasteiger partial charge is 0.387 e. The van der Waals surface area contributed by atoms with Crippen molar-refractivity contribution in [1.82, 2.24) is 10.2 Å². The summed E-state index contributed by atoms with van der Waals surface area (Å²) in [7, 11) is 2.14. The number of nitrogens with zero attached hydrogens (tertiary/aromatic N) is 2. The lowest BCUT2D eigenvalue weighted by Crippen LogP contribution is -2.40. The van der Waals surface area contributed by atoms with E-state index in [1.807, 2.05) is 0 Å². The van der Waals surface area contributed by atoms with Gasteiger partial charge in [0.25, 0.3) is 5.69 Å². The first-order valence-electron chi connectivity index (χ1n) is 7.34. The van der Waals surface area contributed by atoms with Crippen LogP contribution in [0.4, 0.5) is 5.69 Å². The Kier molecular flexibility index (Phi) is 5.27. The van der Waals surface area contributed by atoms with Gasteiger partial charge in [-0.15, -0.1) is 0 Å². The molecule has 2 N–H and O–H groups in total. The summed E-state index contributed by atoms with van der Waals surface area (Å²) in [5.74, 6) is 0. The molecule has 1 aromatic carbocycles. The molecule has 1 fully saturated rings. The monoisotopic (exact) mass is 293 g/mol. The molecule has 2 atom stereocenters. The third-order valence-electron chi connectivity index (χ3n) is 4.08. The van der Waals surface area contributed by atoms with Crippen LogP contribution in [-0.4, -0.2) is 47.2 Å². The maximum absolute atomic E-state index is 10.6. The highest BCUT2D eigenvalue weighted by atomic mass is 16.6. The fourth-order valence-electron chi connectivity index (χ4n) is 2.35. The predicted octanol–water partition coefficient (Wildman–Crippen LogP) is 1.70. The standard InChI is InChI=1S/C15H23N3O3/c1-11(17(2)13-7-8-13)9-16-10-15(19)12-3-5-14(6-4-12)18(20)21/h3-6,11,13,15-16,19H,7-10H2,1-2H3. The van der Waals surface area contributed by atoms with Crippen molar-refractivity contribution < 1.29 is 10.0 Å². The molecule has 0 amide bonds. The lowest BCUT2D eigenvalue weighted by molar-refractivity contribution is -0.384. The second-order valence-electron chi connectivity index (χ2n) is 5.77. The summed E-state index contributed by atoms with van der Waals surface area (Å²) in [5, 5.41) is 23.9. The molecule has 0 bridgehead atoms. The van der Waals surface area contributed by atoms with Gasteiger partial charge in [-0.05, 0) is 44.5 Å². The fraction of sp³-hybridized carbons (Fsp3) is 0.600. The van der Waals surface area contributed by atoms with Crippen molar-refractivity contribution >= 4 is 5.69 Å². The molecule has 2 unspecified atom stereocenters. The number of nitro groups is 1. The van der Waals surface area contributed by atoms with Crippen LogP contribution in [0.5, 0.6) is 0 Å². The van der Waals surface area contributed by atoms with Crippen LogP contribution in [0.3, 0.4) is 0 Å². The number of hydrogen-bond acceptors (Lipinski definition) is 5. The first kappa shape index (κ1) is 15.9. The molecule has 0 heterocycles. The minimum Gasteiger partial charge on any atom is -0.387 e. The summed E-state index contributed by atoms with van der Waals surface area (Å²) in [6.07, 6.45) is 1.92. The van der Waals surface area contributed by atoms with E-state index in [-0.39, 0.29) is 5.69 Å². The van der Waals surface area contributed by atoms with Crippen molar-refractivity contribution in [2.24, 2.45) is 0 Å². The molecular weight excluding hydrogens is 270 g/mol. The minimum absolute atomic E-state index is 0.0404. The predicted molar refractivity (Wildman–Crippen MR) is 81.2 cm³/mol. The summed E-state index contributed by atoms with van der Waals surface area (Å²) in [6, 6.07) is 7.20. The van der Waals surface area contributed by atoms with E-state index in [4.69, 9.17) is 0 Å². The molecule has 21 heavy (non-hydrogen) atoms. The van der Waals surface area contributed by atoms with E-state index in [1.165, 1.54) is 25.0 Å². The van der Waals surface area contributed by atoms with E-state index < -0.39 is 11.0 Å². The van der Waals surface area contributed by atoms with E-state index in [0.29, 0.717) is 18.2 Å². The molecule has 6 nitrogen and oxygen atoms in total. The van der Waals surface area contributed by atoms with Gasteiger partial charge in [-0.25, -0.2) is 0 Å². The minimum atomic E-state index is -0.649. The van der Waals surface area contributed by atoms with E-state index >= 15 is 0 Å². The topological polar surface area (TPSA) is 78.6 Å². The van der Waals surface area contributed by atoms with Crippen molar-refractivity contribution in [1.29, 1.82) is 0 Å². The number of benzene rings is 1. The van der Waals surface area contributed by atoms with Gasteiger partial charge in [-0.1, -0.05) is 0 Å². The van der Waals surface area contributed by atoms with Crippen LogP contribution in [0, 0.1) is 10.1 Å². The van der Waals surface area contributed by atoms with Gasteiger partial charge < -0.3 is 10.4 Å². The molecule has 2 rings (SSSR count). The highest BCUT2D eigenvalue weighted by Gasteiger charge is 2.28. The Balaban J connectivity index is 1.75. The Morgan fingerprint density at radius 1 is 1.38 bits per heavy atom. The van der Waals surface area contributed by atoms with Crippen molar-refractivity contribution in [2.45, 2.75) is 38.0 Å². The quantitative estimate of drug-likeness (QED) is 0.563. The van der Waals surface area contributed by atoms with Crippen molar-refractivity contribution in [3.05, 3.63) is 39.9 Å². The molecule has 0 aliphatic heterocycles. The Hall–Kier alpha value is -1.50. The first-order valence-corrected chi connectivity index (χ1v) is 7.34. The molecule has 6 heteroatoms. The normalized spacial score (nSPS) is 17.7. The molecule has 1 aliphatic carbocycles. The third kappa shape index (κ3) is 4.49. The summed E-state index contributed by atoms with van der Waals surface area (Å²) in [5.41, 5.74) is 0.731. The smallest absolute Gasteiger partial charge is 0.269 e. The Labute approximate surface area is 124 Å². The lowest BCUT2D eigenvalue weighted by Gasteiger charge is -2.25. The van der Waals surface area contributed by atoms with Gasteiger partial charge in [0, 0.05) is 37.3 Å². The average Bonchev–Trinajstić information content (AvgIpc) is 3.30. The number of aliphatic hydroxyl groups excluding tert-OH is 1. The van der Waals surface area contributed by atoms with Crippen LogP contribution in [0.2, 0.25) is 0 Å². The number of non-ortho nitro benzene ring substituents is 1. The second-order valence-corrected chi connectivity index (χ2v) is 5.77. The average molecular weight is 293 g/mol. The number of rotatable bonds is 8. The van der Waals surface area contributed by atoms with Crippen molar-refractivity contribution in [3.63, 3.8) is 0 Å². The van der Waals surface area contributed by atoms with Gasteiger partial charge in [0.05, 0.1) is 11.0 Å². The van der Waals surface area contributed by atoms with Crippen LogP contribution in [-0.2, 0) is 0 Å². The van der Waals surface area contributed by atoms with Crippen molar-refractivity contribution in [3.8, 4) is 0 Å². The van der Waals surface area contributed by atoms with E-state index in [2.05, 4.69) is 24.2 Å². The summed E-state index contributed by atoms with van der Waals surface area (Å²) >= 11 is 0. The Morgan fingerprint density at radius 2 is 2.00 bits per heavy atom. The molecule has 0 aromatic heterocycles. The van der Waals surface area contributed by atoms with E-state index in [0.717, 1.165) is 12.6 Å². The number of likely N-dealkylation sites (N-methyl/N-ethyl adjacent to an activating group) is 1. The zero-order valence-corrected chi connectivity index (χ0v) is 12.5. The van der Waals surface area contributed by atoms with E-state index in [1.54, 1.807) is 12.1 Å². The van der Waals surface area contributed by atoms with Crippen molar-refractivity contribution in [2.75, 3.05) is 20.1 Å². The molecule has 0 saturated heterocycles. The third-order valence-corrected chi connectivity index (χ3v) is 4.08. The van der Waals surface area contributed by atoms with Gasteiger partial charge >= 0.3 is 0 Å².